The van der Waals surface area contributed by atoms with Crippen molar-refractivity contribution in [1.82, 2.24) is 9.13 Å². The number of hydrogen-bond acceptors (Lipinski definition) is 0. The highest BCUT2D eigenvalue weighted by molar-refractivity contribution is 6.52. The molecule has 3 heteroatoms. The van der Waals surface area contributed by atoms with Crippen molar-refractivity contribution in [2.24, 2.45) is 0 Å². The fourth-order valence-corrected chi connectivity index (χ4v) is 6.94. The molecule has 4 aromatic carbocycles. The number of aromatic nitrogens is 2. The molecule has 2 aliphatic carbocycles. The second-order valence-electron chi connectivity index (χ2n) is 11.2. The number of nitrogens with zero attached hydrogens (tertiary/aromatic N) is 2. The summed E-state index contributed by atoms with van der Waals surface area (Å²) in [4.78, 5) is 0. The molecule has 0 spiro atoms. The normalized spacial score (nSPS) is 16.5. The van der Waals surface area contributed by atoms with Crippen LogP contribution in [0.25, 0.3) is 50.2 Å². The van der Waals surface area contributed by atoms with E-state index in [4.69, 9.17) is 0 Å². The zero-order valence-electron chi connectivity index (χ0n) is 22.8. The van der Waals surface area contributed by atoms with Crippen LogP contribution in [-0.4, -0.2) is 16.4 Å². The van der Waals surface area contributed by atoms with Crippen LogP contribution in [0.5, 0.6) is 0 Å². The van der Waals surface area contributed by atoms with Gasteiger partial charge in [0.2, 0.25) is 0 Å². The zero-order valence-corrected chi connectivity index (χ0v) is 22.8. The van der Waals surface area contributed by atoms with Gasteiger partial charge in [-0.1, -0.05) is 85.1 Å². The lowest BCUT2D eigenvalue weighted by atomic mass is 9.73. The Labute approximate surface area is 235 Å². The average Bonchev–Trinajstić information content (AvgIpc) is 3.54. The lowest BCUT2D eigenvalue weighted by Crippen LogP contribution is -2.12. The summed E-state index contributed by atoms with van der Waals surface area (Å²) in [6, 6.07) is 34.0. The summed E-state index contributed by atoms with van der Waals surface area (Å²) in [5, 5.41) is 4.05. The third-order valence-electron chi connectivity index (χ3n) is 8.91. The van der Waals surface area contributed by atoms with Gasteiger partial charge in [0.05, 0.1) is 16.6 Å². The SMILES string of the molecule is CBc1cccc(-n2c3c(c4ccccc42)CC(c2ccc4c(c2)c2ccccc2n4C2=CC=CCC2)C=C3)c1. The van der Waals surface area contributed by atoms with Crippen LogP contribution in [0, 0.1) is 0 Å². The molecule has 2 aromatic heterocycles. The predicted octanol–water partition coefficient (Wildman–Crippen LogP) is 8.39. The molecule has 2 heterocycles. The Kier molecular flexibility index (Phi) is 5.45. The summed E-state index contributed by atoms with van der Waals surface area (Å²) < 4.78 is 4.94. The Bertz CT molecular complexity index is 2030. The molecular weight excluding hydrogens is 483 g/mol. The Morgan fingerprint density at radius 2 is 1.55 bits per heavy atom. The summed E-state index contributed by atoms with van der Waals surface area (Å²) in [6.07, 6.45) is 14.7. The van der Waals surface area contributed by atoms with Crippen molar-refractivity contribution in [2.45, 2.75) is 32.0 Å². The Morgan fingerprint density at radius 3 is 2.38 bits per heavy atom. The molecule has 0 saturated heterocycles. The second-order valence-corrected chi connectivity index (χ2v) is 11.2. The molecule has 40 heavy (non-hydrogen) atoms. The van der Waals surface area contributed by atoms with E-state index in [0.717, 1.165) is 26.5 Å². The molecule has 2 aliphatic rings. The van der Waals surface area contributed by atoms with Crippen LogP contribution in [0.15, 0.2) is 115 Å². The summed E-state index contributed by atoms with van der Waals surface area (Å²) >= 11 is 0. The van der Waals surface area contributed by atoms with Crippen molar-refractivity contribution >= 4 is 57.2 Å². The van der Waals surface area contributed by atoms with Gasteiger partial charge in [-0.3, -0.25) is 0 Å². The van der Waals surface area contributed by atoms with E-state index in [1.807, 2.05) is 0 Å². The largest absolute Gasteiger partial charge is 0.313 e. The van der Waals surface area contributed by atoms with E-state index in [1.54, 1.807) is 0 Å². The lowest BCUT2D eigenvalue weighted by Gasteiger charge is -2.20. The first kappa shape index (κ1) is 23.4. The van der Waals surface area contributed by atoms with E-state index in [9.17, 15) is 0 Å². The summed E-state index contributed by atoms with van der Waals surface area (Å²) in [5.41, 5.74) is 12.1. The summed E-state index contributed by atoms with van der Waals surface area (Å²) in [7, 11) is 1.04. The predicted molar refractivity (Wildman–Crippen MR) is 173 cm³/mol. The Hall–Kier alpha value is -4.50. The molecule has 0 radical (unpaired) electrons. The van der Waals surface area contributed by atoms with Gasteiger partial charge >= 0.3 is 0 Å². The molecular formula is C37H31BN2. The van der Waals surface area contributed by atoms with Crippen molar-refractivity contribution in [2.75, 3.05) is 0 Å². The fraction of sp³-hybridized carbons (Fsp3) is 0.135. The lowest BCUT2D eigenvalue weighted by molar-refractivity contribution is 0.826. The van der Waals surface area contributed by atoms with Gasteiger partial charge in [-0.2, -0.15) is 0 Å². The van der Waals surface area contributed by atoms with Crippen molar-refractivity contribution in [3.63, 3.8) is 0 Å². The van der Waals surface area contributed by atoms with E-state index in [-0.39, 0.29) is 0 Å². The van der Waals surface area contributed by atoms with Crippen LogP contribution < -0.4 is 5.46 Å². The minimum absolute atomic E-state index is 0.345. The van der Waals surface area contributed by atoms with Gasteiger partial charge in [0.15, 0.2) is 7.28 Å². The maximum atomic E-state index is 2.48. The second kappa shape index (κ2) is 9.31. The first-order valence-electron chi connectivity index (χ1n) is 14.6. The Morgan fingerprint density at radius 1 is 0.750 bits per heavy atom. The number of rotatable bonds is 4. The third-order valence-corrected chi connectivity index (χ3v) is 8.91. The highest BCUT2D eigenvalue weighted by Gasteiger charge is 2.24. The number of benzene rings is 4. The number of para-hydroxylation sites is 2. The van der Waals surface area contributed by atoms with Crippen molar-refractivity contribution < 1.29 is 0 Å². The molecule has 0 bridgehead atoms. The van der Waals surface area contributed by atoms with Crippen LogP contribution >= 0.6 is 0 Å². The zero-order chi connectivity index (χ0) is 26.6. The average molecular weight is 514 g/mol. The van der Waals surface area contributed by atoms with Gasteiger partial charge in [-0.05, 0) is 78.9 Å². The molecule has 8 rings (SSSR count). The highest BCUT2D eigenvalue weighted by atomic mass is 15.0. The molecule has 2 nitrogen and oxygen atoms in total. The smallest absolute Gasteiger partial charge is 0.154 e. The third kappa shape index (κ3) is 3.58. The van der Waals surface area contributed by atoms with Gasteiger partial charge in [-0.15, -0.1) is 0 Å². The monoisotopic (exact) mass is 514 g/mol. The van der Waals surface area contributed by atoms with Gasteiger partial charge in [0, 0.05) is 39.2 Å². The van der Waals surface area contributed by atoms with Gasteiger partial charge in [0.25, 0.3) is 0 Å². The standard InChI is InChI=1S/C37H31BN2/c1-38-27-10-9-13-29(24-27)40-35-17-8-6-15-31(35)33-23-26(19-21-37(33)40)25-18-20-36-32(22-25)30-14-5-7-16-34(30)39(36)28-11-3-2-4-12-28/h2-3,5-11,13-22,24,26,38H,4,12,23H2,1H3. The van der Waals surface area contributed by atoms with Crippen LogP contribution in [0.3, 0.4) is 0 Å². The van der Waals surface area contributed by atoms with Gasteiger partial charge < -0.3 is 9.13 Å². The maximum Gasteiger partial charge on any atom is 0.154 e. The van der Waals surface area contributed by atoms with E-state index in [1.165, 1.54) is 66.4 Å². The number of allylic oxidation sites excluding steroid dienone is 5. The number of hydrogen-bond donors (Lipinski definition) is 0. The minimum Gasteiger partial charge on any atom is -0.313 e. The van der Waals surface area contributed by atoms with Crippen molar-refractivity contribution in [1.29, 1.82) is 0 Å². The maximum absolute atomic E-state index is 2.48. The first-order chi connectivity index (χ1) is 19.8. The molecule has 0 amide bonds. The molecule has 0 N–H and O–H groups in total. The van der Waals surface area contributed by atoms with Crippen LogP contribution in [0.2, 0.25) is 6.82 Å². The molecule has 192 valence electrons. The molecule has 1 atom stereocenters. The van der Waals surface area contributed by atoms with E-state index >= 15 is 0 Å². The summed E-state index contributed by atoms with van der Waals surface area (Å²) in [6.45, 7) is 2.23. The van der Waals surface area contributed by atoms with Gasteiger partial charge in [0.1, 0.15) is 0 Å². The summed E-state index contributed by atoms with van der Waals surface area (Å²) in [5.74, 6) is 0.345. The topological polar surface area (TPSA) is 9.86 Å². The van der Waals surface area contributed by atoms with E-state index in [0.29, 0.717) is 5.92 Å². The molecule has 6 aromatic rings. The van der Waals surface area contributed by atoms with Gasteiger partial charge in [-0.25, -0.2) is 0 Å². The molecule has 0 saturated carbocycles. The van der Waals surface area contributed by atoms with E-state index in [2.05, 4.69) is 137 Å². The number of fused-ring (bicyclic) bond motifs is 6. The van der Waals surface area contributed by atoms with Crippen LogP contribution in [-0.2, 0) is 6.42 Å². The van der Waals surface area contributed by atoms with Crippen LogP contribution in [0.4, 0.5) is 0 Å². The Balaban J connectivity index is 1.26. The van der Waals surface area contributed by atoms with Crippen molar-refractivity contribution in [3.05, 3.63) is 132 Å². The fourth-order valence-electron chi connectivity index (χ4n) is 6.94. The van der Waals surface area contributed by atoms with Crippen LogP contribution in [0.1, 0.15) is 35.6 Å². The molecule has 0 aliphatic heterocycles. The minimum atomic E-state index is 0.345. The van der Waals surface area contributed by atoms with E-state index < -0.39 is 0 Å². The molecule has 0 fully saturated rings. The first-order valence-corrected chi connectivity index (χ1v) is 14.6. The quantitative estimate of drug-likeness (QED) is 0.209. The highest BCUT2D eigenvalue weighted by Crippen LogP contribution is 2.40. The van der Waals surface area contributed by atoms with Crippen molar-refractivity contribution in [3.8, 4) is 5.69 Å². The molecule has 1 unspecified atom stereocenters.